The van der Waals surface area contributed by atoms with Crippen molar-refractivity contribution in [2.75, 3.05) is 0 Å². The van der Waals surface area contributed by atoms with Crippen LogP contribution in [0.15, 0.2) is 53.4 Å². The third-order valence-corrected chi connectivity index (χ3v) is 2.97. The van der Waals surface area contributed by atoms with Crippen molar-refractivity contribution < 1.29 is 4.42 Å². The van der Waals surface area contributed by atoms with E-state index in [0.29, 0.717) is 0 Å². The van der Waals surface area contributed by atoms with E-state index >= 15 is 0 Å². The molecule has 0 saturated carbocycles. The van der Waals surface area contributed by atoms with Crippen LogP contribution in [0, 0.1) is 0 Å². The number of aromatic nitrogens is 2. The average molecular weight is 208 g/mol. The summed E-state index contributed by atoms with van der Waals surface area (Å²) in [6.45, 7) is 0. The largest absolute Gasteiger partial charge is 0.441 e. The Morgan fingerprint density at radius 3 is 2.88 bits per heavy atom. The second-order valence-corrected chi connectivity index (χ2v) is 3.81. The lowest BCUT2D eigenvalue weighted by Gasteiger charge is -2.03. The molecule has 0 amide bonds. The fourth-order valence-corrected chi connectivity index (χ4v) is 2.28. The van der Waals surface area contributed by atoms with Crippen molar-refractivity contribution >= 4 is 27.5 Å². The van der Waals surface area contributed by atoms with Gasteiger partial charge in [0, 0.05) is 11.6 Å². The Bertz CT molecular complexity index is 741. The summed E-state index contributed by atoms with van der Waals surface area (Å²) in [5, 5.41) is 1.12. The molecule has 0 aliphatic rings. The fourth-order valence-electron chi connectivity index (χ4n) is 2.28. The van der Waals surface area contributed by atoms with Crippen LogP contribution in [0.2, 0.25) is 0 Å². The molecule has 3 aromatic heterocycles. The number of pyridine rings is 1. The first-order valence-electron chi connectivity index (χ1n) is 5.16. The predicted octanol–water partition coefficient (Wildman–Crippen LogP) is 3.23. The fraction of sp³-hybridized carbons (Fsp3) is 0. The molecule has 3 heteroatoms. The van der Waals surface area contributed by atoms with Gasteiger partial charge in [0.1, 0.15) is 5.52 Å². The molecule has 4 aromatic rings. The monoisotopic (exact) mass is 208 g/mol. The first kappa shape index (κ1) is 7.93. The van der Waals surface area contributed by atoms with Crippen LogP contribution < -0.4 is 0 Å². The van der Waals surface area contributed by atoms with E-state index in [0.717, 1.165) is 27.5 Å². The Labute approximate surface area is 90.9 Å². The van der Waals surface area contributed by atoms with Gasteiger partial charge >= 0.3 is 0 Å². The van der Waals surface area contributed by atoms with E-state index in [9.17, 15) is 0 Å². The molecular weight excluding hydrogens is 200 g/mol. The molecule has 16 heavy (non-hydrogen) atoms. The van der Waals surface area contributed by atoms with Crippen molar-refractivity contribution in [3.8, 4) is 0 Å². The molecule has 76 valence electrons. The smallest absolute Gasteiger partial charge is 0.182 e. The van der Waals surface area contributed by atoms with Crippen LogP contribution in [-0.2, 0) is 0 Å². The summed E-state index contributed by atoms with van der Waals surface area (Å²) < 4.78 is 7.59. The van der Waals surface area contributed by atoms with Crippen LogP contribution in [-0.4, -0.2) is 9.38 Å². The van der Waals surface area contributed by atoms with Crippen LogP contribution in [0.4, 0.5) is 0 Å². The molecule has 1 aromatic carbocycles. The SMILES string of the molecule is c1ccc2c(c1)c1ncoc1c1cccn21. The van der Waals surface area contributed by atoms with E-state index in [4.69, 9.17) is 4.42 Å². The van der Waals surface area contributed by atoms with Crippen molar-refractivity contribution in [3.05, 3.63) is 49.0 Å². The van der Waals surface area contributed by atoms with Crippen LogP contribution >= 0.6 is 0 Å². The van der Waals surface area contributed by atoms with Crippen molar-refractivity contribution in [1.82, 2.24) is 9.38 Å². The van der Waals surface area contributed by atoms with Crippen LogP contribution in [0.3, 0.4) is 0 Å². The van der Waals surface area contributed by atoms with Gasteiger partial charge in [-0.3, -0.25) is 0 Å². The summed E-state index contributed by atoms with van der Waals surface area (Å²) >= 11 is 0. The second-order valence-electron chi connectivity index (χ2n) is 3.81. The molecule has 0 spiro atoms. The quantitative estimate of drug-likeness (QED) is 0.444. The highest BCUT2D eigenvalue weighted by atomic mass is 16.3. The number of rotatable bonds is 0. The van der Waals surface area contributed by atoms with Gasteiger partial charge in [0.15, 0.2) is 12.0 Å². The molecule has 0 aliphatic heterocycles. The minimum Gasteiger partial charge on any atom is -0.441 e. The zero-order chi connectivity index (χ0) is 10.5. The predicted molar refractivity (Wildman–Crippen MR) is 62.5 cm³/mol. The third kappa shape index (κ3) is 0.810. The lowest BCUT2D eigenvalue weighted by Crippen LogP contribution is -1.87. The minimum atomic E-state index is 0.851. The zero-order valence-electron chi connectivity index (χ0n) is 8.42. The molecule has 0 aliphatic carbocycles. The number of hydrogen-bond donors (Lipinski definition) is 0. The molecule has 3 heterocycles. The summed E-state index contributed by atoms with van der Waals surface area (Å²) in [6.07, 6.45) is 3.55. The molecular formula is C13H8N2O. The van der Waals surface area contributed by atoms with E-state index in [-0.39, 0.29) is 0 Å². The normalized spacial score (nSPS) is 11.8. The van der Waals surface area contributed by atoms with Gasteiger partial charge in [-0.25, -0.2) is 4.98 Å². The van der Waals surface area contributed by atoms with Gasteiger partial charge < -0.3 is 8.82 Å². The van der Waals surface area contributed by atoms with Crippen molar-refractivity contribution in [1.29, 1.82) is 0 Å². The number of oxazole rings is 1. The van der Waals surface area contributed by atoms with Crippen molar-refractivity contribution in [2.24, 2.45) is 0 Å². The van der Waals surface area contributed by atoms with E-state index in [1.165, 1.54) is 6.39 Å². The molecule has 0 radical (unpaired) electrons. The second kappa shape index (κ2) is 2.64. The third-order valence-electron chi connectivity index (χ3n) is 2.97. The Kier molecular flexibility index (Phi) is 1.31. The summed E-state index contributed by atoms with van der Waals surface area (Å²) in [6, 6.07) is 12.3. The van der Waals surface area contributed by atoms with Gasteiger partial charge in [0.25, 0.3) is 0 Å². The Balaban J connectivity index is 2.51. The van der Waals surface area contributed by atoms with E-state index in [1.54, 1.807) is 0 Å². The van der Waals surface area contributed by atoms with Gasteiger partial charge in [0.2, 0.25) is 0 Å². The molecule has 0 saturated heterocycles. The maximum absolute atomic E-state index is 5.47. The molecule has 0 unspecified atom stereocenters. The van der Waals surface area contributed by atoms with Gasteiger partial charge in [-0.05, 0) is 18.2 Å². The standard InChI is InChI=1S/C13H8N2O/c1-2-5-10-9(4-1)12-13(16-8-14-12)11-6-3-7-15(10)11/h1-8H. The van der Waals surface area contributed by atoms with Crippen molar-refractivity contribution in [2.45, 2.75) is 0 Å². The van der Waals surface area contributed by atoms with Crippen molar-refractivity contribution in [3.63, 3.8) is 0 Å². The minimum absolute atomic E-state index is 0.851. The van der Waals surface area contributed by atoms with Gasteiger partial charge in [-0.15, -0.1) is 0 Å². The maximum atomic E-state index is 5.47. The van der Waals surface area contributed by atoms with Crippen LogP contribution in [0.25, 0.3) is 27.5 Å². The van der Waals surface area contributed by atoms with Gasteiger partial charge in [0.05, 0.1) is 11.0 Å². The van der Waals surface area contributed by atoms with Gasteiger partial charge in [-0.2, -0.15) is 0 Å². The van der Waals surface area contributed by atoms with E-state index in [2.05, 4.69) is 21.5 Å². The molecule has 0 bridgehead atoms. The summed E-state index contributed by atoms with van der Waals surface area (Å²) in [7, 11) is 0. The average Bonchev–Trinajstić information content (AvgIpc) is 2.98. The summed E-state index contributed by atoms with van der Waals surface area (Å²) in [5.41, 5.74) is 4.00. The summed E-state index contributed by atoms with van der Waals surface area (Å²) in [5.74, 6) is 0. The number of nitrogens with zero attached hydrogens (tertiary/aromatic N) is 2. The Morgan fingerprint density at radius 2 is 1.88 bits per heavy atom. The molecule has 4 rings (SSSR count). The van der Waals surface area contributed by atoms with E-state index in [1.807, 2.05) is 30.5 Å². The lowest BCUT2D eigenvalue weighted by molar-refractivity contribution is 0.604. The number of fused-ring (bicyclic) bond motifs is 6. The first-order chi connectivity index (χ1) is 7.95. The maximum Gasteiger partial charge on any atom is 0.182 e. The Hall–Kier alpha value is -2.29. The number of benzene rings is 1. The molecule has 0 atom stereocenters. The first-order valence-corrected chi connectivity index (χ1v) is 5.16. The molecule has 3 nitrogen and oxygen atoms in total. The topological polar surface area (TPSA) is 30.4 Å². The Morgan fingerprint density at radius 1 is 1.00 bits per heavy atom. The summed E-state index contributed by atoms with van der Waals surface area (Å²) in [4.78, 5) is 4.30. The highest BCUT2D eigenvalue weighted by Gasteiger charge is 2.10. The number of para-hydroxylation sites is 1. The number of hydrogen-bond acceptors (Lipinski definition) is 2. The molecule has 0 fully saturated rings. The molecule has 0 N–H and O–H groups in total. The van der Waals surface area contributed by atoms with Gasteiger partial charge in [-0.1, -0.05) is 18.2 Å². The van der Waals surface area contributed by atoms with E-state index < -0.39 is 0 Å². The lowest BCUT2D eigenvalue weighted by atomic mass is 10.2. The zero-order valence-corrected chi connectivity index (χ0v) is 8.42. The van der Waals surface area contributed by atoms with Crippen LogP contribution in [0.5, 0.6) is 0 Å². The highest BCUT2D eigenvalue weighted by Crippen LogP contribution is 2.28. The highest BCUT2D eigenvalue weighted by molar-refractivity contribution is 6.07. The van der Waals surface area contributed by atoms with Crippen LogP contribution in [0.1, 0.15) is 0 Å².